The third-order valence-corrected chi connectivity index (χ3v) is 2.94. The van der Waals surface area contributed by atoms with E-state index in [0.29, 0.717) is 0 Å². The van der Waals surface area contributed by atoms with Gasteiger partial charge in [0.2, 0.25) is 0 Å². The maximum atomic E-state index is 12.1. The first-order valence-corrected chi connectivity index (χ1v) is 6.06. The van der Waals surface area contributed by atoms with Crippen LogP contribution in [-0.2, 0) is 10.3 Å². The number of carbonyl (C=O) groups excluding carboxylic acids is 1. The van der Waals surface area contributed by atoms with Gasteiger partial charge in [0.1, 0.15) is 5.54 Å². The van der Waals surface area contributed by atoms with Crippen LogP contribution in [0.3, 0.4) is 0 Å². The van der Waals surface area contributed by atoms with Gasteiger partial charge in [0.25, 0.3) is 5.91 Å². The van der Waals surface area contributed by atoms with Crippen molar-refractivity contribution in [1.82, 2.24) is 5.43 Å². The van der Waals surface area contributed by atoms with Crippen LogP contribution in [0.1, 0.15) is 12.5 Å². The molecular weight excluding hydrogens is 238 g/mol. The van der Waals surface area contributed by atoms with Gasteiger partial charge in [0, 0.05) is 0 Å². The summed E-state index contributed by atoms with van der Waals surface area (Å²) in [7, 11) is 0. The van der Waals surface area contributed by atoms with Crippen molar-refractivity contribution < 1.29 is 4.79 Å². The molecule has 4 N–H and O–H groups in total. The summed E-state index contributed by atoms with van der Waals surface area (Å²) in [5.41, 5.74) is 12.0. The van der Waals surface area contributed by atoms with Gasteiger partial charge in [-0.2, -0.15) is 0 Å². The number of rotatable bonds is 4. The number of benzene rings is 2. The Balaban J connectivity index is 2.03. The highest BCUT2D eigenvalue weighted by Gasteiger charge is 2.30. The third-order valence-electron chi connectivity index (χ3n) is 2.94. The molecular formula is C15H17N3O. The minimum atomic E-state index is -1.08. The quantitative estimate of drug-likeness (QED) is 0.732. The summed E-state index contributed by atoms with van der Waals surface area (Å²) in [4.78, 5) is 12.1. The number of nitrogens with one attached hydrogen (secondary N) is 2. The first-order valence-electron chi connectivity index (χ1n) is 6.06. The Hall–Kier alpha value is -2.33. The van der Waals surface area contributed by atoms with Crippen molar-refractivity contribution in [3.05, 3.63) is 66.2 Å². The highest BCUT2D eigenvalue weighted by molar-refractivity contribution is 5.87. The van der Waals surface area contributed by atoms with E-state index in [1.807, 2.05) is 60.7 Å². The Kier molecular flexibility index (Phi) is 3.82. The van der Waals surface area contributed by atoms with Crippen LogP contribution in [0.15, 0.2) is 60.7 Å². The van der Waals surface area contributed by atoms with Gasteiger partial charge < -0.3 is 5.73 Å². The normalized spacial score (nSPS) is 13.4. The molecule has 0 bridgehead atoms. The van der Waals surface area contributed by atoms with Crippen LogP contribution >= 0.6 is 0 Å². The minimum Gasteiger partial charge on any atom is -0.314 e. The molecule has 0 radical (unpaired) electrons. The van der Waals surface area contributed by atoms with Crippen molar-refractivity contribution in [3.63, 3.8) is 0 Å². The molecule has 1 unspecified atom stereocenters. The molecule has 19 heavy (non-hydrogen) atoms. The maximum Gasteiger partial charge on any atom is 0.262 e. The summed E-state index contributed by atoms with van der Waals surface area (Å²) in [6.45, 7) is 1.68. The number of hydrogen-bond donors (Lipinski definition) is 3. The largest absolute Gasteiger partial charge is 0.314 e. The summed E-state index contributed by atoms with van der Waals surface area (Å²) >= 11 is 0. The van der Waals surface area contributed by atoms with Crippen molar-refractivity contribution in [2.75, 3.05) is 5.43 Å². The molecule has 0 aliphatic heterocycles. The zero-order valence-corrected chi connectivity index (χ0v) is 10.8. The van der Waals surface area contributed by atoms with Gasteiger partial charge in [-0.15, -0.1) is 0 Å². The standard InChI is InChI=1S/C15H17N3O/c1-15(16,12-8-4-2-5-9-12)14(19)18-17-13-10-6-3-7-11-13/h2-11,17H,16H2,1H3,(H,18,19). The molecule has 0 heterocycles. The summed E-state index contributed by atoms with van der Waals surface area (Å²) in [5.74, 6) is -0.289. The van der Waals surface area contributed by atoms with Gasteiger partial charge in [-0.1, -0.05) is 48.5 Å². The monoisotopic (exact) mass is 255 g/mol. The molecule has 98 valence electrons. The molecule has 1 atom stereocenters. The van der Waals surface area contributed by atoms with E-state index in [-0.39, 0.29) is 5.91 Å². The molecule has 0 saturated carbocycles. The van der Waals surface area contributed by atoms with Crippen molar-refractivity contribution in [1.29, 1.82) is 0 Å². The van der Waals surface area contributed by atoms with Crippen LogP contribution < -0.4 is 16.6 Å². The fourth-order valence-electron chi connectivity index (χ4n) is 1.70. The predicted octanol–water partition coefficient (Wildman–Crippen LogP) is 2.00. The molecule has 4 nitrogen and oxygen atoms in total. The lowest BCUT2D eigenvalue weighted by Gasteiger charge is -2.24. The third kappa shape index (κ3) is 3.11. The van der Waals surface area contributed by atoms with Gasteiger partial charge >= 0.3 is 0 Å². The highest BCUT2D eigenvalue weighted by atomic mass is 16.2. The molecule has 2 rings (SSSR count). The second-order valence-electron chi connectivity index (χ2n) is 4.51. The summed E-state index contributed by atoms with van der Waals surface area (Å²) in [6.07, 6.45) is 0. The zero-order chi connectivity index (χ0) is 13.7. The number of para-hydroxylation sites is 1. The topological polar surface area (TPSA) is 67.2 Å². The average molecular weight is 255 g/mol. The highest BCUT2D eigenvalue weighted by Crippen LogP contribution is 2.17. The summed E-state index contributed by atoms with van der Waals surface area (Å²) in [5, 5.41) is 0. The lowest BCUT2D eigenvalue weighted by Crippen LogP contribution is -2.50. The van der Waals surface area contributed by atoms with E-state index in [4.69, 9.17) is 5.73 Å². The Bertz CT molecular complexity index is 538. The van der Waals surface area contributed by atoms with E-state index in [2.05, 4.69) is 10.9 Å². The maximum absolute atomic E-state index is 12.1. The van der Waals surface area contributed by atoms with E-state index >= 15 is 0 Å². The van der Waals surface area contributed by atoms with Crippen LogP contribution in [0.4, 0.5) is 5.69 Å². The smallest absolute Gasteiger partial charge is 0.262 e. The van der Waals surface area contributed by atoms with Gasteiger partial charge in [0.05, 0.1) is 5.69 Å². The molecule has 0 fully saturated rings. The first kappa shape index (κ1) is 13.1. The second-order valence-corrected chi connectivity index (χ2v) is 4.51. The first-order chi connectivity index (χ1) is 9.10. The van der Waals surface area contributed by atoms with E-state index in [1.54, 1.807) is 6.92 Å². The molecule has 2 aromatic rings. The number of hydrogen-bond acceptors (Lipinski definition) is 3. The average Bonchev–Trinajstić information content (AvgIpc) is 2.46. The molecule has 0 spiro atoms. The molecule has 2 aromatic carbocycles. The van der Waals surface area contributed by atoms with Gasteiger partial charge in [0.15, 0.2) is 0 Å². The molecule has 1 amide bonds. The van der Waals surface area contributed by atoms with Crippen molar-refractivity contribution in [2.45, 2.75) is 12.5 Å². The number of anilines is 1. The lowest BCUT2D eigenvalue weighted by atomic mass is 9.93. The van der Waals surface area contributed by atoms with E-state index < -0.39 is 5.54 Å². The predicted molar refractivity (Wildman–Crippen MR) is 76.2 cm³/mol. The van der Waals surface area contributed by atoms with Crippen molar-refractivity contribution in [3.8, 4) is 0 Å². The summed E-state index contributed by atoms with van der Waals surface area (Å²) in [6, 6.07) is 18.7. The Morgan fingerprint density at radius 3 is 2.11 bits per heavy atom. The van der Waals surface area contributed by atoms with E-state index in [1.165, 1.54) is 0 Å². The zero-order valence-electron chi connectivity index (χ0n) is 10.8. The van der Waals surface area contributed by atoms with E-state index in [9.17, 15) is 4.79 Å². The van der Waals surface area contributed by atoms with Crippen LogP contribution in [0, 0.1) is 0 Å². The fraction of sp³-hybridized carbons (Fsp3) is 0.133. The van der Waals surface area contributed by atoms with Gasteiger partial charge in [-0.25, -0.2) is 0 Å². The number of hydrazine groups is 1. The second kappa shape index (κ2) is 5.54. The Morgan fingerprint density at radius 1 is 1.00 bits per heavy atom. The SMILES string of the molecule is CC(N)(C(=O)NNc1ccccc1)c1ccccc1. The van der Waals surface area contributed by atoms with Crippen LogP contribution in [0.25, 0.3) is 0 Å². The number of nitrogens with two attached hydrogens (primary N) is 1. The van der Waals surface area contributed by atoms with E-state index in [0.717, 1.165) is 11.3 Å². The van der Waals surface area contributed by atoms with Gasteiger partial charge in [-0.05, 0) is 24.6 Å². The Morgan fingerprint density at radius 2 is 1.53 bits per heavy atom. The summed E-state index contributed by atoms with van der Waals surface area (Å²) < 4.78 is 0. The molecule has 0 saturated heterocycles. The Labute approximate surface area is 112 Å². The molecule has 0 aliphatic carbocycles. The lowest BCUT2D eigenvalue weighted by molar-refractivity contribution is -0.125. The molecule has 4 heteroatoms. The number of carbonyl (C=O) groups is 1. The van der Waals surface area contributed by atoms with Gasteiger partial charge in [-0.3, -0.25) is 15.6 Å². The van der Waals surface area contributed by atoms with Crippen LogP contribution in [0.5, 0.6) is 0 Å². The van der Waals surface area contributed by atoms with Crippen molar-refractivity contribution in [2.24, 2.45) is 5.73 Å². The van der Waals surface area contributed by atoms with Crippen molar-refractivity contribution >= 4 is 11.6 Å². The van der Waals surface area contributed by atoms with Crippen LogP contribution in [-0.4, -0.2) is 5.91 Å². The minimum absolute atomic E-state index is 0.289. The van der Waals surface area contributed by atoms with Crippen LogP contribution in [0.2, 0.25) is 0 Å². The molecule has 0 aromatic heterocycles. The number of amides is 1. The molecule has 0 aliphatic rings. The fourth-order valence-corrected chi connectivity index (χ4v) is 1.70.